The molecule has 0 aliphatic carbocycles. The van der Waals surface area contributed by atoms with E-state index in [4.69, 9.17) is 0 Å². The molecule has 2 amide bonds. The third-order valence-corrected chi connectivity index (χ3v) is 4.66. The van der Waals surface area contributed by atoms with Crippen molar-refractivity contribution in [3.05, 3.63) is 60.8 Å². The number of aromatic nitrogens is 2. The summed E-state index contributed by atoms with van der Waals surface area (Å²) in [5.74, 6) is -2.94. The molecule has 0 bridgehead atoms. The normalized spacial score (nSPS) is 10.4. The van der Waals surface area contributed by atoms with Gasteiger partial charge in [-0.25, -0.2) is 9.97 Å². The Morgan fingerprint density at radius 2 is 1.12 bits per heavy atom. The number of hydrogen-bond acceptors (Lipinski definition) is 8. The zero-order valence-corrected chi connectivity index (χ0v) is 17.9. The van der Waals surface area contributed by atoms with Gasteiger partial charge < -0.3 is 30.4 Å². The predicted octanol–water partition coefficient (Wildman–Crippen LogP) is 0.748. The summed E-state index contributed by atoms with van der Waals surface area (Å²) < 4.78 is 0. The van der Waals surface area contributed by atoms with Crippen LogP contribution in [-0.4, -0.2) is 33.7 Å². The fourth-order valence-electron chi connectivity index (χ4n) is 2.96. The van der Waals surface area contributed by atoms with Crippen LogP contribution in [0.2, 0.25) is 0 Å². The Kier molecular flexibility index (Phi) is 8.01. The van der Waals surface area contributed by atoms with Gasteiger partial charge in [0.15, 0.2) is 5.82 Å². The van der Waals surface area contributed by atoms with Crippen molar-refractivity contribution < 1.29 is 29.4 Å². The second kappa shape index (κ2) is 11.3. The number of nitrogens with one attached hydrogen (secondary N) is 2. The van der Waals surface area contributed by atoms with E-state index in [0.717, 1.165) is 5.56 Å². The monoisotopic (exact) mass is 460 g/mol. The minimum Gasteiger partial charge on any atom is -0.550 e. The number of carboxylic acid groups (broad SMARTS) is 2. The number of benzene rings is 2. The van der Waals surface area contributed by atoms with E-state index in [2.05, 4.69) is 20.6 Å². The number of nitrogens with zero attached hydrogens (tertiary/aromatic N) is 2. The molecule has 2 aromatic carbocycles. The number of aliphatic carboxylic acids is 2. The summed E-state index contributed by atoms with van der Waals surface area (Å²) in [4.78, 5) is 53.2. The Morgan fingerprint density at radius 1 is 0.647 bits per heavy atom. The molecule has 10 nitrogen and oxygen atoms in total. The first-order valence-electron chi connectivity index (χ1n) is 10.3. The van der Waals surface area contributed by atoms with E-state index in [-0.39, 0.29) is 25.7 Å². The molecule has 1 heterocycles. The van der Waals surface area contributed by atoms with E-state index < -0.39 is 23.8 Å². The van der Waals surface area contributed by atoms with Crippen LogP contribution in [0.25, 0.3) is 22.6 Å². The molecule has 34 heavy (non-hydrogen) atoms. The first-order chi connectivity index (χ1) is 16.3. The van der Waals surface area contributed by atoms with Crippen molar-refractivity contribution in [2.45, 2.75) is 25.7 Å². The van der Waals surface area contributed by atoms with Crippen LogP contribution in [0.5, 0.6) is 0 Å². The molecule has 2 N–H and O–H groups in total. The Bertz CT molecular complexity index is 1100. The van der Waals surface area contributed by atoms with E-state index in [1.807, 2.05) is 0 Å². The van der Waals surface area contributed by atoms with Crippen molar-refractivity contribution in [2.24, 2.45) is 0 Å². The number of anilines is 2. The maximum absolute atomic E-state index is 11.7. The van der Waals surface area contributed by atoms with E-state index in [1.54, 1.807) is 60.8 Å². The lowest BCUT2D eigenvalue weighted by molar-refractivity contribution is -0.307. The average Bonchev–Trinajstić information content (AvgIpc) is 2.82. The van der Waals surface area contributed by atoms with Gasteiger partial charge in [0.2, 0.25) is 11.8 Å². The average molecular weight is 460 g/mol. The van der Waals surface area contributed by atoms with Gasteiger partial charge in [-0.2, -0.15) is 0 Å². The second-order valence-corrected chi connectivity index (χ2v) is 7.26. The van der Waals surface area contributed by atoms with Gasteiger partial charge in [0, 0.05) is 53.5 Å². The molecule has 0 atom stereocenters. The van der Waals surface area contributed by atoms with Crippen molar-refractivity contribution in [2.75, 3.05) is 10.6 Å². The van der Waals surface area contributed by atoms with Gasteiger partial charge in [0.05, 0.1) is 5.69 Å². The lowest BCUT2D eigenvalue weighted by atomic mass is 10.1. The van der Waals surface area contributed by atoms with Gasteiger partial charge in [-0.3, -0.25) is 9.59 Å². The van der Waals surface area contributed by atoms with Gasteiger partial charge >= 0.3 is 0 Å². The molecule has 0 fully saturated rings. The third kappa shape index (κ3) is 7.23. The highest BCUT2D eigenvalue weighted by Crippen LogP contribution is 2.23. The van der Waals surface area contributed by atoms with Crippen LogP contribution >= 0.6 is 0 Å². The highest BCUT2D eigenvalue weighted by Gasteiger charge is 2.08. The molecular weight excluding hydrogens is 440 g/mol. The molecule has 0 spiro atoms. The van der Waals surface area contributed by atoms with Gasteiger partial charge in [-0.15, -0.1) is 0 Å². The Balaban J connectivity index is 1.65. The van der Waals surface area contributed by atoms with Crippen molar-refractivity contribution in [1.82, 2.24) is 9.97 Å². The summed E-state index contributed by atoms with van der Waals surface area (Å²) in [6, 6.07) is 15.5. The van der Waals surface area contributed by atoms with Gasteiger partial charge in [0.25, 0.3) is 0 Å². The number of amides is 2. The quantitative estimate of drug-likeness (QED) is 0.447. The summed E-state index contributed by atoms with van der Waals surface area (Å²) in [7, 11) is 0. The Morgan fingerprint density at radius 3 is 1.59 bits per heavy atom. The minimum atomic E-state index is -1.28. The number of carbonyl (C=O) groups excluding carboxylic acids is 4. The highest BCUT2D eigenvalue weighted by molar-refractivity contribution is 5.93. The molecule has 3 aromatic rings. The van der Waals surface area contributed by atoms with E-state index in [1.165, 1.54) is 0 Å². The third-order valence-electron chi connectivity index (χ3n) is 4.66. The topological polar surface area (TPSA) is 164 Å². The van der Waals surface area contributed by atoms with Crippen LogP contribution in [0.15, 0.2) is 60.8 Å². The molecule has 0 saturated carbocycles. The molecule has 174 valence electrons. The Labute approximate surface area is 194 Å². The molecule has 0 aliphatic heterocycles. The molecular formula is C24H20N4O6-2. The first kappa shape index (κ1) is 24.1. The Hall–Kier alpha value is -4.60. The van der Waals surface area contributed by atoms with Crippen LogP contribution in [0, 0.1) is 0 Å². The molecule has 1 aromatic heterocycles. The molecule has 3 rings (SSSR count). The van der Waals surface area contributed by atoms with Gasteiger partial charge in [-0.05, 0) is 55.3 Å². The highest BCUT2D eigenvalue weighted by atomic mass is 16.4. The summed E-state index contributed by atoms with van der Waals surface area (Å²) in [5, 5.41) is 26.1. The smallest absolute Gasteiger partial charge is 0.224 e. The van der Waals surface area contributed by atoms with Crippen LogP contribution in [0.4, 0.5) is 11.4 Å². The standard InChI is InChI=1S/C24H22N4O6/c29-20(9-11-22(31)32)26-17-5-1-15(2-6-17)19-13-14-25-24(28-19)16-3-7-18(8-4-16)27-21(30)10-12-23(33)34/h1-8,13-14H,9-12H2,(H,26,29)(H,27,30)(H,31,32)(H,33,34)/p-2. The number of carbonyl (C=O) groups is 4. The van der Waals surface area contributed by atoms with Crippen LogP contribution in [0.1, 0.15) is 25.7 Å². The summed E-state index contributed by atoms with van der Waals surface area (Å²) in [6.45, 7) is 0. The first-order valence-corrected chi connectivity index (χ1v) is 10.3. The SMILES string of the molecule is O=C([O-])CCC(=O)Nc1ccc(-c2ccnc(-c3ccc(NC(=O)CCC(=O)[O-])cc3)n2)cc1. The van der Waals surface area contributed by atoms with E-state index in [0.29, 0.717) is 28.5 Å². The summed E-state index contributed by atoms with van der Waals surface area (Å²) in [6.07, 6.45) is 0.589. The van der Waals surface area contributed by atoms with Crippen LogP contribution in [-0.2, 0) is 19.2 Å². The minimum absolute atomic E-state index is 0.165. The van der Waals surface area contributed by atoms with Crippen LogP contribution in [0.3, 0.4) is 0 Å². The van der Waals surface area contributed by atoms with Crippen molar-refractivity contribution in [3.63, 3.8) is 0 Å². The van der Waals surface area contributed by atoms with E-state index >= 15 is 0 Å². The summed E-state index contributed by atoms with van der Waals surface area (Å²) >= 11 is 0. The van der Waals surface area contributed by atoms with Crippen molar-refractivity contribution in [1.29, 1.82) is 0 Å². The maximum atomic E-state index is 11.7. The number of rotatable bonds is 10. The zero-order valence-electron chi connectivity index (χ0n) is 17.9. The maximum Gasteiger partial charge on any atom is 0.224 e. The molecule has 0 aliphatic rings. The van der Waals surface area contributed by atoms with Gasteiger partial charge in [-0.1, -0.05) is 12.1 Å². The number of carboxylic acids is 2. The largest absolute Gasteiger partial charge is 0.550 e. The number of hydrogen-bond donors (Lipinski definition) is 2. The molecule has 0 saturated heterocycles. The van der Waals surface area contributed by atoms with Crippen molar-refractivity contribution in [3.8, 4) is 22.6 Å². The van der Waals surface area contributed by atoms with Crippen molar-refractivity contribution >= 4 is 35.1 Å². The second-order valence-electron chi connectivity index (χ2n) is 7.26. The fraction of sp³-hybridized carbons (Fsp3) is 0.167. The molecule has 0 radical (unpaired) electrons. The lowest BCUT2D eigenvalue weighted by Crippen LogP contribution is -2.24. The predicted molar refractivity (Wildman–Crippen MR) is 119 cm³/mol. The zero-order chi connectivity index (χ0) is 24.5. The van der Waals surface area contributed by atoms with Gasteiger partial charge in [0.1, 0.15) is 0 Å². The fourth-order valence-corrected chi connectivity index (χ4v) is 2.96. The molecule has 0 unspecified atom stereocenters. The lowest BCUT2D eigenvalue weighted by Gasteiger charge is -2.09. The summed E-state index contributed by atoms with van der Waals surface area (Å²) in [5.41, 5.74) is 3.19. The van der Waals surface area contributed by atoms with E-state index in [9.17, 15) is 29.4 Å². The molecule has 10 heteroatoms. The van der Waals surface area contributed by atoms with Crippen LogP contribution < -0.4 is 20.8 Å².